The summed E-state index contributed by atoms with van der Waals surface area (Å²) < 4.78 is 56.3. The van der Waals surface area contributed by atoms with Crippen molar-refractivity contribution in [1.82, 2.24) is 0 Å². The van der Waals surface area contributed by atoms with E-state index in [0.29, 0.717) is 13.2 Å². The highest BCUT2D eigenvalue weighted by Crippen LogP contribution is 2.52. The maximum atomic E-state index is 6.08. The van der Waals surface area contributed by atoms with E-state index in [-0.39, 0.29) is 0 Å². The molecule has 10 nitrogen and oxygen atoms in total. The molecule has 0 spiro atoms. The zero-order valence-corrected chi connectivity index (χ0v) is 36.1. The van der Waals surface area contributed by atoms with Gasteiger partial charge in [-0.1, -0.05) is 48.5 Å². The minimum absolute atomic E-state index is 0.665. The molecule has 2 aliphatic carbocycles. The van der Waals surface area contributed by atoms with Gasteiger partial charge in [0.05, 0.1) is 41.7 Å². The quantitative estimate of drug-likeness (QED) is 0.124. The monoisotopic (exact) mass is 826 g/mol. The van der Waals surface area contributed by atoms with Crippen molar-refractivity contribution >= 4 is 0 Å². The third kappa shape index (κ3) is 7.99. The molecule has 1 aliphatic heterocycles. The predicted molar refractivity (Wildman–Crippen MR) is 234 cm³/mol. The van der Waals surface area contributed by atoms with Crippen molar-refractivity contribution < 1.29 is 47.4 Å². The van der Waals surface area contributed by atoms with Gasteiger partial charge in [0.15, 0.2) is 0 Å². The summed E-state index contributed by atoms with van der Waals surface area (Å²) in [5, 5.41) is 0. The first-order valence-electron chi connectivity index (χ1n) is 20.1. The molecule has 0 radical (unpaired) electrons. The van der Waals surface area contributed by atoms with Gasteiger partial charge in [-0.15, -0.1) is 0 Å². The van der Waals surface area contributed by atoms with E-state index in [2.05, 4.69) is 36.4 Å². The molecule has 61 heavy (non-hydrogen) atoms. The van der Waals surface area contributed by atoms with Crippen molar-refractivity contribution in [2.45, 2.75) is 30.2 Å². The Hall–Kier alpha value is -5.72. The molecule has 1 fully saturated rings. The molecular formula is C51H54O10. The molecule has 0 saturated carbocycles. The smallest absolute Gasteiger partial charge is 0.223 e. The fourth-order valence-corrected chi connectivity index (χ4v) is 8.51. The maximum Gasteiger partial charge on any atom is 0.223 e. The Bertz CT molecular complexity index is 2220. The molecule has 9 rings (SSSR count). The van der Waals surface area contributed by atoms with E-state index in [4.69, 9.17) is 47.4 Å². The fraction of sp³-hybridized carbons (Fsp3) is 0.294. The van der Waals surface area contributed by atoms with Crippen LogP contribution in [-0.2, 0) is 52.2 Å². The van der Waals surface area contributed by atoms with E-state index >= 15 is 0 Å². The molecule has 1 heterocycles. The molecular weight excluding hydrogens is 773 g/mol. The first kappa shape index (κ1) is 43.4. The van der Waals surface area contributed by atoms with Gasteiger partial charge in [0.25, 0.3) is 0 Å². The van der Waals surface area contributed by atoms with Gasteiger partial charge < -0.3 is 47.4 Å². The number of hydrogen-bond donors (Lipinski definition) is 0. The van der Waals surface area contributed by atoms with Gasteiger partial charge in [-0.3, -0.25) is 0 Å². The number of hydrogen-bond acceptors (Lipinski definition) is 10. The van der Waals surface area contributed by atoms with E-state index in [9.17, 15) is 0 Å². The van der Waals surface area contributed by atoms with Crippen molar-refractivity contribution in [1.29, 1.82) is 0 Å². The molecule has 6 aromatic rings. The van der Waals surface area contributed by atoms with Crippen LogP contribution in [0.1, 0.15) is 50.9 Å². The Labute approximate surface area is 358 Å². The summed E-state index contributed by atoms with van der Waals surface area (Å²) in [5.41, 5.74) is 10.7. The van der Waals surface area contributed by atoms with Crippen LogP contribution in [0.15, 0.2) is 133 Å². The van der Waals surface area contributed by atoms with Crippen LogP contribution in [0.5, 0.6) is 23.0 Å². The summed E-state index contributed by atoms with van der Waals surface area (Å²) in [6, 6.07) is 44.0. The first-order chi connectivity index (χ1) is 29.8. The van der Waals surface area contributed by atoms with Gasteiger partial charge in [-0.25, -0.2) is 0 Å². The third-order valence-corrected chi connectivity index (χ3v) is 11.6. The number of fused-ring (bicyclic) bond motifs is 5. The highest BCUT2D eigenvalue weighted by molar-refractivity contribution is 5.81. The Morgan fingerprint density at radius 2 is 0.754 bits per heavy atom. The average molecular weight is 827 g/mol. The third-order valence-electron chi connectivity index (χ3n) is 11.6. The lowest BCUT2D eigenvalue weighted by Crippen LogP contribution is -2.39. The highest BCUT2D eigenvalue weighted by Gasteiger charge is 2.45. The standard InChI is InChI=1S/C18H20O4.C17H18O4.C16H16O2/c1-19-16-8-4-14(5-9-16)18(21-12-3-13-22-18)15-6-10-17(20-2)11-7-15;1-18-11-5-7-15-13(9-11)14-10-12(19-2)6-8-16(14)17(15,20-3)21-4;1-17-16(18-2)14-9-5-3-7-12(14)11-13-8-4-6-10-15(13)16/h4-11H,3,12-13H2,1-2H3;5-10H,1-4H3;3-10H,11H2,1-2H3. The predicted octanol–water partition coefficient (Wildman–Crippen LogP) is 9.60. The van der Waals surface area contributed by atoms with Crippen molar-refractivity contribution in [3.8, 4) is 34.1 Å². The van der Waals surface area contributed by atoms with Gasteiger partial charge in [0.2, 0.25) is 17.4 Å². The first-order valence-corrected chi connectivity index (χ1v) is 20.1. The topological polar surface area (TPSA) is 92.3 Å². The molecule has 0 amide bonds. The van der Waals surface area contributed by atoms with E-state index in [1.165, 1.54) is 11.1 Å². The lowest BCUT2D eigenvalue weighted by molar-refractivity contribution is -0.249. The van der Waals surface area contributed by atoms with Gasteiger partial charge in [0, 0.05) is 61.8 Å². The Morgan fingerprint density at radius 3 is 1.13 bits per heavy atom. The molecule has 0 atom stereocenters. The van der Waals surface area contributed by atoms with Crippen molar-refractivity contribution in [3.05, 3.63) is 178 Å². The lowest BCUT2D eigenvalue weighted by atomic mass is 9.81. The molecule has 6 aromatic carbocycles. The summed E-state index contributed by atoms with van der Waals surface area (Å²) in [4.78, 5) is 0. The van der Waals surface area contributed by atoms with Gasteiger partial charge in [-0.05, 0) is 120 Å². The lowest BCUT2D eigenvalue weighted by Gasteiger charge is -2.38. The number of ether oxygens (including phenoxy) is 10. The minimum Gasteiger partial charge on any atom is -0.497 e. The number of benzene rings is 6. The molecule has 1 saturated heterocycles. The van der Waals surface area contributed by atoms with Gasteiger partial charge in [0.1, 0.15) is 23.0 Å². The van der Waals surface area contributed by atoms with Crippen LogP contribution in [-0.4, -0.2) is 70.1 Å². The zero-order chi connectivity index (χ0) is 43.0. The molecule has 318 valence electrons. The minimum atomic E-state index is -0.886. The summed E-state index contributed by atoms with van der Waals surface area (Å²) in [6.45, 7) is 1.33. The van der Waals surface area contributed by atoms with E-state index in [1.54, 1.807) is 56.9 Å². The molecule has 0 unspecified atom stereocenters. The van der Waals surface area contributed by atoms with Crippen LogP contribution in [0.25, 0.3) is 11.1 Å². The van der Waals surface area contributed by atoms with Crippen molar-refractivity contribution in [2.24, 2.45) is 0 Å². The largest absolute Gasteiger partial charge is 0.497 e. The van der Waals surface area contributed by atoms with Crippen LogP contribution in [0.3, 0.4) is 0 Å². The highest BCUT2D eigenvalue weighted by atomic mass is 16.7. The average Bonchev–Trinajstić information content (AvgIpc) is 3.62. The van der Waals surface area contributed by atoms with Crippen LogP contribution in [0, 0.1) is 0 Å². The fourth-order valence-electron chi connectivity index (χ4n) is 8.51. The van der Waals surface area contributed by atoms with Gasteiger partial charge >= 0.3 is 0 Å². The Balaban J connectivity index is 0.000000139. The van der Waals surface area contributed by atoms with Crippen molar-refractivity contribution in [2.75, 3.05) is 70.1 Å². The summed E-state index contributed by atoms with van der Waals surface area (Å²) in [7, 11) is 13.3. The summed E-state index contributed by atoms with van der Waals surface area (Å²) >= 11 is 0. The van der Waals surface area contributed by atoms with E-state index in [1.807, 2.05) is 97.1 Å². The normalized spacial score (nSPS) is 15.8. The van der Waals surface area contributed by atoms with E-state index in [0.717, 1.165) is 80.3 Å². The van der Waals surface area contributed by atoms with Crippen LogP contribution >= 0.6 is 0 Å². The Morgan fingerprint density at radius 1 is 0.393 bits per heavy atom. The van der Waals surface area contributed by atoms with Crippen LogP contribution in [0.4, 0.5) is 0 Å². The molecule has 3 aliphatic rings. The second-order valence-electron chi connectivity index (χ2n) is 14.5. The van der Waals surface area contributed by atoms with Crippen LogP contribution in [0.2, 0.25) is 0 Å². The molecule has 0 N–H and O–H groups in total. The van der Waals surface area contributed by atoms with Crippen molar-refractivity contribution in [3.63, 3.8) is 0 Å². The van der Waals surface area contributed by atoms with Crippen LogP contribution < -0.4 is 18.9 Å². The molecule has 0 aromatic heterocycles. The maximum absolute atomic E-state index is 6.08. The number of methoxy groups -OCH3 is 8. The zero-order valence-electron chi connectivity index (χ0n) is 36.1. The van der Waals surface area contributed by atoms with Gasteiger partial charge in [-0.2, -0.15) is 0 Å². The second kappa shape index (κ2) is 18.9. The summed E-state index contributed by atoms with van der Waals surface area (Å²) in [5.74, 6) is 0.691. The second-order valence-corrected chi connectivity index (χ2v) is 14.5. The SMILES string of the molecule is COC1(OC)c2ccccc2Cc2ccccc21.COc1ccc(C2(c3ccc(OC)cc3)OCCCO2)cc1.COc1ccc2c(c1)-c1cc(OC)ccc1C2(OC)OC. The van der Waals surface area contributed by atoms with E-state index < -0.39 is 17.4 Å². The molecule has 0 bridgehead atoms. The summed E-state index contributed by atoms with van der Waals surface area (Å²) in [6.07, 6.45) is 1.83. The molecule has 10 heteroatoms. The Kier molecular flexibility index (Phi) is 13.4. The number of rotatable bonds is 10.